The van der Waals surface area contributed by atoms with Gasteiger partial charge in [0.25, 0.3) is 0 Å². The van der Waals surface area contributed by atoms with Crippen LogP contribution < -0.4 is 5.73 Å². The van der Waals surface area contributed by atoms with Gasteiger partial charge in [0, 0.05) is 6.54 Å². The number of phenols is 2. The van der Waals surface area contributed by atoms with Crippen molar-refractivity contribution >= 4 is 11.9 Å². The molecule has 0 bridgehead atoms. The molecule has 1 fully saturated rings. The molecule has 1 aliphatic rings. The third kappa shape index (κ3) is 3.25. The Bertz CT molecular complexity index is 560. The van der Waals surface area contributed by atoms with Crippen LogP contribution in [0.4, 0.5) is 0 Å². The number of carboxylic acids is 1. The van der Waals surface area contributed by atoms with Gasteiger partial charge in [-0.2, -0.15) is 0 Å². The Kier molecular flexibility index (Phi) is 4.32. The van der Waals surface area contributed by atoms with E-state index < -0.39 is 24.0 Å². The van der Waals surface area contributed by atoms with Gasteiger partial charge in [0.15, 0.2) is 11.5 Å². The van der Waals surface area contributed by atoms with Gasteiger partial charge < -0.3 is 26.0 Å². The summed E-state index contributed by atoms with van der Waals surface area (Å²) in [6.07, 6.45) is 1.25. The lowest BCUT2D eigenvalue weighted by Crippen LogP contribution is -2.49. The second-order valence-electron chi connectivity index (χ2n) is 5.16. The lowest BCUT2D eigenvalue weighted by atomic mass is 10.0. The van der Waals surface area contributed by atoms with Crippen LogP contribution >= 0.6 is 0 Å². The Morgan fingerprint density at radius 1 is 1.33 bits per heavy atom. The fourth-order valence-electron chi connectivity index (χ4n) is 2.54. The first-order valence-electron chi connectivity index (χ1n) is 6.70. The van der Waals surface area contributed by atoms with E-state index >= 15 is 0 Å². The van der Waals surface area contributed by atoms with Gasteiger partial charge in [-0.1, -0.05) is 6.07 Å². The van der Waals surface area contributed by atoms with Crippen LogP contribution in [0.2, 0.25) is 0 Å². The summed E-state index contributed by atoms with van der Waals surface area (Å²) in [6.45, 7) is 0.393. The van der Waals surface area contributed by atoms with E-state index in [2.05, 4.69) is 0 Å². The number of aliphatic carboxylic acids is 1. The number of nitrogens with zero attached hydrogens (tertiary/aromatic N) is 1. The Labute approximate surface area is 121 Å². The Morgan fingerprint density at radius 2 is 2.05 bits per heavy atom. The summed E-state index contributed by atoms with van der Waals surface area (Å²) in [6, 6.07) is 2.52. The molecule has 21 heavy (non-hydrogen) atoms. The van der Waals surface area contributed by atoms with Crippen LogP contribution in [0.25, 0.3) is 0 Å². The van der Waals surface area contributed by atoms with Crippen LogP contribution in [-0.4, -0.2) is 50.7 Å². The van der Waals surface area contributed by atoms with E-state index in [0.717, 1.165) is 0 Å². The molecule has 0 spiro atoms. The highest BCUT2D eigenvalue weighted by atomic mass is 16.4. The molecule has 2 rings (SSSR count). The van der Waals surface area contributed by atoms with Crippen molar-refractivity contribution in [2.45, 2.75) is 31.3 Å². The number of phenolic OH excluding ortho intramolecular Hbond substituents is 2. The normalized spacial score (nSPS) is 19.5. The van der Waals surface area contributed by atoms with E-state index in [1.54, 1.807) is 6.07 Å². The van der Waals surface area contributed by atoms with Gasteiger partial charge in [0.2, 0.25) is 5.91 Å². The van der Waals surface area contributed by atoms with Gasteiger partial charge in [-0.25, -0.2) is 4.79 Å². The van der Waals surface area contributed by atoms with E-state index in [-0.39, 0.29) is 17.9 Å². The SMILES string of the molecule is N[C@@H](Cc1ccc(O)c(O)c1)C(=O)N1CCCC1C(=O)O. The Morgan fingerprint density at radius 3 is 2.67 bits per heavy atom. The molecule has 1 unspecified atom stereocenters. The third-order valence-corrected chi connectivity index (χ3v) is 3.63. The predicted octanol–water partition coefficient (Wildman–Crippen LogP) is 0.0432. The summed E-state index contributed by atoms with van der Waals surface area (Å²) in [5, 5.41) is 27.7. The lowest BCUT2D eigenvalue weighted by Gasteiger charge is -2.24. The quantitative estimate of drug-likeness (QED) is 0.581. The summed E-state index contributed by atoms with van der Waals surface area (Å²) in [7, 11) is 0. The van der Waals surface area contributed by atoms with Crippen molar-refractivity contribution in [3.8, 4) is 11.5 Å². The average molecular weight is 294 g/mol. The minimum atomic E-state index is -1.02. The molecule has 0 radical (unpaired) electrons. The maximum atomic E-state index is 12.2. The van der Waals surface area contributed by atoms with E-state index in [1.807, 2.05) is 0 Å². The fraction of sp³-hybridized carbons (Fsp3) is 0.429. The number of hydrogen-bond donors (Lipinski definition) is 4. The number of nitrogens with two attached hydrogens (primary N) is 1. The number of benzene rings is 1. The average Bonchev–Trinajstić information content (AvgIpc) is 2.91. The van der Waals surface area contributed by atoms with Crippen LogP contribution in [0.1, 0.15) is 18.4 Å². The Hall–Kier alpha value is -2.28. The van der Waals surface area contributed by atoms with Crippen LogP contribution in [0.3, 0.4) is 0 Å². The molecular formula is C14H18N2O5. The van der Waals surface area contributed by atoms with E-state index in [9.17, 15) is 19.8 Å². The summed E-state index contributed by atoms with van der Waals surface area (Å²) in [5.41, 5.74) is 6.45. The fourth-order valence-corrected chi connectivity index (χ4v) is 2.54. The highest BCUT2D eigenvalue weighted by Gasteiger charge is 2.35. The van der Waals surface area contributed by atoms with Crippen molar-refractivity contribution in [3.63, 3.8) is 0 Å². The van der Waals surface area contributed by atoms with E-state index in [1.165, 1.54) is 17.0 Å². The van der Waals surface area contributed by atoms with Crippen molar-refractivity contribution in [1.82, 2.24) is 4.90 Å². The zero-order chi connectivity index (χ0) is 15.6. The zero-order valence-corrected chi connectivity index (χ0v) is 11.4. The number of amides is 1. The minimum Gasteiger partial charge on any atom is -0.504 e. The van der Waals surface area contributed by atoms with E-state index in [4.69, 9.17) is 10.8 Å². The van der Waals surface area contributed by atoms with Gasteiger partial charge in [-0.3, -0.25) is 4.79 Å². The second kappa shape index (κ2) is 6.01. The summed E-state index contributed by atoms with van der Waals surface area (Å²) in [4.78, 5) is 24.6. The van der Waals surface area contributed by atoms with Crippen molar-refractivity contribution in [3.05, 3.63) is 23.8 Å². The first kappa shape index (κ1) is 15.1. The molecule has 1 aromatic carbocycles. The molecule has 7 heteroatoms. The molecule has 1 aromatic rings. The van der Waals surface area contributed by atoms with Crippen LogP contribution in [-0.2, 0) is 16.0 Å². The van der Waals surface area contributed by atoms with Gasteiger partial charge >= 0.3 is 5.97 Å². The van der Waals surface area contributed by atoms with Crippen molar-refractivity contribution in [1.29, 1.82) is 0 Å². The minimum absolute atomic E-state index is 0.162. The van der Waals surface area contributed by atoms with E-state index in [0.29, 0.717) is 24.9 Å². The van der Waals surface area contributed by atoms with Gasteiger partial charge in [-0.05, 0) is 37.0 Å². The smallest absolute Gasteiger partial charge is 0.326 e. The van der Waals surface area contributed by atoms with Crippen LogP contribution in [0, 0.1) is 0 Å². The van der Waals surface area contributed by atoms with Crippen LogP contribution in [0.15, 0.2) is 18.2 Å². The number of aromatic hydroxyl groups is 2. The first-order chi connectivity index (χ1) is 9.90. The first-order valence-corrected chi connectivity index (χ1v) is 6.70. The monoisotopic (exact) mass is 294 g/mol. The molecule has 1 saturated heterocycles. The molecular weight excluding hydrogens is 276 g/mol. The third-order valence-electron chi connectivity index (χ3n) is 3.63. The topological polar surface area (TPSA) is 124 Å². The maximum absolute atomic E-state index is 12.2. The summed E-state index contributed by atoms with van der Waals surface area (Å²) >= 11 is 0. The van der Waals surface area contributed by atoms with Crippen molar-refractivity contribution < 1.29 is 24.9 Å². The van der Waals surface area contributed by atoms with Gasteiger partial charge in [0.05, 0.1) is 6.04 Å². The zero-order valence-electron chi connectivity index (χ0n) is 11.4. The molecule has 1 heterocycles. The summed E-state index contributed by atoms with van der Waals surface area (Å²) < 4.78 is 0. The molecule has 114 valence electrons. The van der Waals surface area contributed by atoms with Crippen molar-refractivity contribution in [2.75, 3.05) is 6.54 Å². The largest absolute Gasteiger partial charge is 0.504 e. The van der Waals surface area contributed by atoms with Gasteiger partial charge in [-0.15, -0.1) is 0 Å². The Balaban J connectivity index is 2.05. The number of carboxylic acid groups (broad SMARTS) is 1. The number of hydrogen-bond acceptors (Lipinski definition) is 5. The molecule has 5 N–H and O–H groups in total. The standard InChI is InChI=1S/C14H18N2O5/c15-9(6-8-3-4-11(17)12(18)7-8)13(19)16-5-1-2-10(16)14(20)21/h3-4,7,9-10,17-18H,1-2,5-6,15H2,(H,20,21)/t9-,10?/m0/s1. The molecule has 7 nitrogen and oxygen atoms in total. The molecule has 0 aromatic heterocycles. The molecule has 0 saturated carbocycles. The second-order valence-corrected chi connectivity index (χ2v) is 5.16. The van der Waals surface area contributed by atoms with Gasteiger partial charge in [0.1, 0.15) is 6.04 Å². The lowest BCUT2D eigenvalue weighted by molar-refractivity contribution is -0.148. The molecule has 0 aliphatic carbocycles. The highest BCUT2D eigenvalue weighted by Crippen LogP contribution is 2.26. The van der Waals surface area contributed by atoms with Crippen molar-refractivity contribution in [2.24, 2.45) is 5.73 Å². The molecule has 1 aliphatic heterocycles. The predicted molar refractivity (Wildman–Crippen MR) is 73.8 cm³/mol. The number of rotatable bonds is 4. The molecule has 2 atom stereocenters. The summed E-state index contributed by atoms with van der Waals surface area (Å²) in [5.74, 6) is -1.95. The number of carbonyl (C=O) groups excluding carboxylic acids is 1. The number of carbonyl (C=O) groups is 2. The maximum Gasteiger partial charge on any atom is 0.326 e. The highest BCUT2D eigenvalue weighted by molar-refractivity contribution is 5.87. The van der Waals surface area contributed by atoms with Crippen LogP contribution in [0.5, 0.6) is 11.5 Å². The molecule has 1 amide bonds. The number of likely N-dealkylation sites (tertiary alicyclic amines) is 1.